The molecule has 1 aliphatic heterocycles. The summed E-state index contributed by atoms with van der Waals surface area (Å²) in [6, 6.07) is 1.46. The number of halogens is 3. The van der Waals surface area contributed by atoms with Gasteiger partial charge in [0.25, 0.3) is 0 Å². The second-order valence-corrected chi connectivity index (χ2v) is 6.61. The van der Waals surface area contributed by atoms with Crippen molar-refractivity contribution in [3.05, 3.63) is 22.7 Å². The summed E-state index contributed by atoms with van der Waals surface area (Å²) in [5.41, 5.74) is -0.601. The number of carboxylic acids is 1. The molecule has 0 saturated carbocycles. The monoisotopic (exact) mass is 470 g/mol. The normalized spacial score (nSPS) is 18.1. The molecule has 0 spiro atoms. The van der Waals surface area contributed by atoms with Gasteiger partial charge in [0.2, 0.25) is 0 Å². The number of alkyl halides is 3. The molecule has 3 N–H and O–H groups in total. The standard InChI is InChI=1S/C15H24N4O6.C2HF3O2/c1-18(2)6-3-4-8-23-15(22)17-11-5-7-19(14(21)16-11)12-10-24-13(9-20)25-12;3-2(4,5)1(6)7/h5,7,12-13,20H,3-4,6,8-10H2,1-2H3,(H,16,17,21,22);(H,6,7). The van der Waals surface area contributed by atoms with E-state index >= 15 is 0 Å². The molecule has 1 amide bonds. The van der Waals surface area contributed by atoms with Crippen LogP contribution in [0.25, 0.3) is 0 Å². The molecule has 1 aliphatic rings. The van der Waals surface area contributed by atoms with Gasteiger partial charge in [0.15, 0.2) is 12.5 Å². The van der Waals surface area contributed by atoms with Crippen LogP contribution < -0.4 is 11.0 Å². The van der Waals surface area contributed by atoms with Crippen molar-refractivity contribution in [2.24, 2.45) is 0 Å². The van der Waals surface area contributed by atoms with Crippen molar-refractivity contribution in [2.75, 3.05) is 45.8 Å². The van der Waals surface area contributed by atoms with Gasteiger partial charge in [-0.3, -0.25) is 9.88 Å². The molecule has 0 aromatic carbocycles. The van der Waals surface area contributed by atoms with Crippen LogP contribution in [0.3, 0.4) is 0 Å². The summed E-state index contributed by atoms with van der Waals surface area (Å²) in [5, 5.41) is 18.5. The zero-order valence-corrected chi connectivity index (χ0v) is 17.4. The number of amides is 1. The van der Waals surface area contributed by atoms with E-state index in [0.717, 1.165) is 19.4 Å². The Balaban J connectivity index is 0.000000633. The summed E-state index contributed by atoms with van der Waals surface area (Å²) >= 11 is 0. The van der Waals surface area contributed by atoms with Crippen LogP contribution in [-0.4, -0.2) is 89.7 Å². The molecule has 0 radical (unpaired) electrons. The Hall–Kier alpha value is -2.75. The first-order valence-corrected chi connectivity index (χ1v) is 9.29. The third-order valence-corrected chi connectivity index (χ3v) is 3.73. The van der Waals surface area contributed by atoms with E-state index in [1.54, 1.807) is 0 Å². The van der Waals surface area contributed by atoms with Crippen molar-refractivity contribution in [1.82, 2.24) is 14.5 Å². The molecule has 0 bridgehead atoms. The smallest absolute Gasteiger partial charge is 0.475 e. The molecular formula is C17H25F3N4O8. The molecule has 0 aliphatic carbocycles. The highest BCUT2D eigenvalue weighted by Gasteiger charge is 2.38. The zero-order chi connectivity index (χ0) is 24.3. The number of ether oxygens (including phenoxy) is 3. The number of aliphatic carboxylic acids is 1. The van der Waals surface area contributed by atoms with E-state index in [-0.39, 0.29) is 19.0 Å². The number of carbonyl (C=O) groups excluding carboxylic acids is 1. The molecule has 15 heteroatoms. The highest BCUT2D eigenvalue weighted by atomic mass is 19.4. The van der Waals surface area contributed by atoms with Crippen LogP contribution in [0.15, 0.2) is 17.1 Å². The van der Waals surface area contributed by atoms with Gasteiger partial charge in [-0.05, 0) is 39.5 Å². The van der Waals surface area contributed by atoms with E-state index in [1.165, 1.54) is 16.8 Å². The van der Waals surface area contributed by atoms with Crippen LogP contribution in [0.2, 0.25) is 0 Å². The summed E-state index contributed by atoms with van der Waals surface area (Å²) in [7, 11) is 3.96. The van der Waals surface area contributed by atoms with E-state index in [4.69, 9.17) is 29.2 Å². The van der Waals surface area contributed by atoms with E-state index < -0.39 is 36.4 Å². The number of nitrogens with one attached hydrogen (secondary N) is 1. The van der Waals surface area contributed by atoms with Crippen molar-refractivity contribution in [2.45, 2.75) is 31.5 Å². The van der Waals surface area contributed by atoms with Crippen LogP contribution in [0.1, 0.15) is 19.1 Å². The van der Waals surface area contributed by atoms with Gasteiger partial charge in [-0.15, -0.1) is 0 Å². The average Bonchev–Trinajstić information content (AvgIpc) is 3.16. The number of hydrogen-bond donors (Lipinski definition) is 3. The lowest BCUT2D eigenvalue weighted by Crippen LogP contribution is -2.29. The number of rotatable bonds is 8. The predicted molar refractivity (Wildman–Crippen MR) is 102 cm³/mol. The summed E-state index contributed by atoms with van der Waals surface area (Å²) in [6.07, 6.45) is -4.03. The molecule has 1 aromatic rings. The van der Waals surface area contributed by atoms with Gasteiger partial charge in [-0.1, -0.05) is 0 Å². The van der Waals surface area contributed by atoms with Crippen molar-refractivity contribution in [3.8, 4) is 0 Å². The lowest BCUT2D eigenvalue weighted by atomic mass is 10.3. The Morgan fingerprint density at radius 3 is 2.53 bits per heavy atom. The van der Waals surface area contributed by atoms with Gasteiger partial charge < -0.3 is 29.3 Å². The Morgan fingerprint density at radius 1 is 1.38 bits per heavy atom. The number of aliphatic hydroxyl groups excluding tert-OH is 1. The van der Waals surface area contributed by atoms with Gasteiger partial charge >= 0.3 is 23.9 Å². The fourth-order valence-electron chi connectivity index (χ4n) is 2.22. The maximum atomic E-state index is 12.0. The molecule has 2 unspecified atom stereocenters. The number of aliphatic hydroxyl groups is 1. The first kappa shape index (κ1) is 27.3. The fraction of sp³-hybridized carbons (Fsp3) is 0.647. The molecule has 1 aromatic heterocycles. The van der Waals surface area contributed by atoms with Crippen LogP contribution in [0.5, 0.6) is 0 Å². The Labute approximate surface area is 180 Å². The van der Waals surface area contributed by atoms with Crippen LogP contribution in [-0.2, 0) is 19.0 Å². The van der Waals surface area contributed by atoms with E-state index in [2.05, 4.69) is 15.2 Å². The number of aromatic nitrogens is 2. The maximum Gasteiger partial charge on any atom is 0.490 e. The molecule has 182 valence electrons. The summed E-state index contributed by atoms with van der Waals surface area (Å²) in [6.45, 7) is 1.06. The number of carbonyl (C=O) groups is 2. The molecule has 1 saturated heterocycles. The number of nitrogens with zero attached hydrogens (tertiary/aromatic N) is 3. The third-order valence-electron chi connectivity index (χ3n) is 3.73. The van der Waals surface area contributed by atoms with Gasteiger partial charge in [0, 0.05) is 6.20 Å². The topological polar surface area (TPSA) is 152 Å². The van der Waals surface area contributed by atoms with Crippen molar-refractivity contribution < 1.29 is 47.2 Å². The summed E-state index contributed by atoms with van der Waals surface area (Å²) in [5.74, 6) is -2.66. The molecule has 1 fully saturated rings. The number of unbranched alkanes of at least 4 members (excludes halogenated alkanes) is 1. The first-order chi connectivity index (χ1) is 14.9. The van der Waals surface area contributed by atoms with Crippen molar-refractivity contribution in [3.63, 3.8) is 0 Å². The van der Waals surface area contributed by atoms with E-state index in [0.29, 0.717) is 6.61 Å². The fourth-order valence-corrected chi connectivity index (χ4v) is 2.22. The molecular weight excluding hydrogens is 445 g/mol. The summed E-state index contributed by atoms with van der Waals surface area (Å²) in [4.78, 5) is 38.4. The van der Waals surface area contributed by atoms with Crippen molar-refractivity contribution in [1.29, 1.82) is 0 Å². The minimum Gasteiger partial charge on any atom is -0.475 e. The van der Waals surface area contributed by atoms with E-state index in [9.17, 15) is 22.8 Å². The van der Waals surface area contributed by atoms with E-state index in [1.807, 2.05) is 14.1 Å². The highest BCUT2D eigenvalue weighted by molar-refractivity contribution is 5.83. The number of hydrogen-bond acceptors (Lipinski definition) is 9. The van der Waals surface area contributed by atoms with Gasteiger partial charge in [-0.2, -0.15) is 18.2 Å². The average molecular weight is 470 g/mol. The molecule has 2 rings (SSSR count). The van der Waals surface area contributed by atoms with Crippen molar-refractivity contribution >= 4 is 17.9 Å². The van der Waals surface area contributed by atoms with Gasteiger partial charge in [0.05, 0.1) is 19.8 Å². The third kappa shape index (κ3) is 10.0. The second kappa shape index (κ2) is 12.9. The SMILES string of the molecule is CN(C)CCCCOC(=O)Nc1ccn(C2COC(CO)O2)c(=O)n1.O=C(O)C(F)(F)F. The molecule has 32 heavy (non-hydrogen) atoms. The highest BCUT2D eigenvalue weighted by Crippen LogP contribution is 2.19. The Kier molecular flexibility index (Phi) is 11.0. The first-order valence-electron chi connectivity index (χ1n) is 9.29. The molecule has 12 nitrogen and oxygen atoms in total. The zero-order valence-electron chi connectivity index (χ0n) is 17.4. The number of carboxylic acid groups (broad SMARTS) is 1. The summed E-state index contributed by atoms with van der Waals surface area (Å²) < 4.78 is 48.5. The van der Waals surface area contributed by atoms with Crippen LogP contribution >= 0.6 is 0 Å². The molecule has 2 heterocycles. The quantitative estimate of drug-likeness (QED) is 0.461. The van der Waals surface area contributed by atoms with Gasteiger partial charge in [0.1, 0.15) is 5.82 Å². The predicted octanol–water partition coefficient (Wildman–Crippen LogP) is 0.631. The second-order valence-electron chi connectivity index (χ2n) is 6.61. The van der Waals surface area contributed by atoms with Crippen LogP contribution in [0, 0.1) is 0 Å². The Bertz CT molecular complexity index is 803. The largest absolute Gasteiger partial charge is 0.490 e. The molecule has 2 atom stereocenters. The number of anilines is 1. The lowest BCUT2D eigenvalue weighted by Gasteiger charge is -2.13. The minimum absolute atomic E-state index is 0.0946. The lowest BCUT2D eigenvalue weighted by molar-refractivity contribution is -0.192. The maximum absolute atomic E-state index is 12.0. The van der Waals surface area contributed by atoms with Gasteiger partial charge in [-0.25, -0.2) is 14.4 Å². The Morgan fingerprint density at radius 2 is 2.03 bits per heavy atom. The minimum atomic E-state index is -5.08. The van der Waals surface area contributed by atoms with Crippen LogP contribution in [0.4, 0.5) is 23.8 Å².